The van der Waals surface area contributed by atoms with Crippen LogP contribution in [0.5, 0.6) is 0 Å². The SMILES string of the molecule is Cc1noc2nc(C(C)C)cc(C(=O)NCCO)c12. The number of hydrogen-bond acceptors (Lipinski definition) is 5. The Balaban J connectivity index is 2.55. The Labute approximate surface area is 110 Å². The molecule has 0 saturated heterocycles. The van der Waals surface area contributed by atoms with E-state index in [1.807, 2.05) is 13.8 Å². The summed E-state index contributed by atoms with van der Waals surface area (Å²) in [5.41, 5.74) is 2.27. The maximum Gasteiger partial charge on any atom is 0.259 e. The van der Waals surface area contributed by atoms with Crippen molar-refractivity contribution >= 4 is 17.0 Å². The Morgan fingerprint density at radius 2 is 2.26 bits per heavy atom. The van der Waals surface area contributed by atoms with Gasteiger partial charge in [-0.15, -0.1) is 0 Å². The topological polar surface area (TPSA) is 88.2 Å². The minimum atomic E-state index is -0.255. The number of nitrogens with one attached hydrogen (secondary N) is 1. The summed E-state index contributed by atoms with van der Waals surface area (Å²) in [4.78, 5) is 16.5. The second kappa shape index (κ2) is 5.36. The van der Waals surface area contributed by atoms with Crippen molar-refractivity contribution in [1.82, 2.24) is 15.5 Å². The smallest absolute Gasteiger partial charge is 0.259 e. The molecule has 0 saturated carbocycles. The molecular weight excluding hydrogens is 246 g/mol. The van der Waals surface area contributed by atoms with Crippen LogP contribution in [0.4, 0.5) is 0 Å². The maximum atomic E-state index is 12.1. The van der Waals surface area contributed by atoms with E-state index in [0.717, 1.165) is 5.69 Å². The quantitative estimate of drug-likeness (QED) is 0.870. The van der Waals surface area contributed by atoms with E-state index in [4.69, 9.17) is 9.63 Å². The van der Waals surface area contributed by atoms with Gasteiger partial charge in [0.05, 0.1) is 23.3 Å². The van der Waals surface area contributed by atoms with E-state index in [1.54, 1.807) is 13.0 Å². The number of carbonyl (C=O) groups is 1. The molecule has 0 spiro atoms. The van der Waals surface area contributed by atoms with Crippen LogP contribution in [0.3, 0.4) is 0 Å². The Morgan fingerprint density at radius 3 is 2.89 bits per heavy atom. The normalized spacial score (nSPS) is 11.2. The van der Waals surface area contributed by atoms with Crippen molar-refractivity contribution in [2.45, 2.75) is 26.7 Å². The molecule has 0 atom stereocenters. The molecule has 0 aliphatic carbocycles. The first-order chi connectivity index (χ1) is 9.04. The van der Waals surface area contributed by atoms with Crippen LogP contribution in [0, 0.1) is 6.92 Å². The minimum Gasteiger partial charge on any atom is -0.395 e. The number of rotatable bonds is 4. The van der Waals surface area contributed by atoms with Gasteiger partial charge in [-0.1, -0.05) is 19.0 Å². The fourth-order valence-electron chi connectivity index (χ4n) is 1.85. The molecule has 0 fully saturated rings. The van der Waals surface area contributed by atoms with Crippen LogP contribution in [0.1, 0.15) is 41.5 Å². The van der Waals surface area contributed by atoms with E-state index in [1.165, 1.54) is 0 Å². The summed E-state index contributed by atoms with van der Waals surface area (Å²) in [7, 11) is 0. The molecule has 2 rings (SSSR count). The average Bonchev–Trinajstić information content (AvgIpc) is 2.76. The lowest BCUT2D eigenvalue weighted by Gasteiger charge is -2.08. The monoisotopic (exact) mass is 263 g/mol. The van der Waals surface area contributed by atoms with Crippen molar-refractivity contribution in [1.29, 1.82) is 0 Å². The number of nitrogens with zero attached hydrogens (tertiary/aromatic N) is 2. The largest absolute Gasteiger partial charge is 0.395 e. The van der Waals surface area contributed by atoms with Crippen LogP contribution < -0.4 is 5.32 Å². The van der Waals surface area contributed by atoms with Gasteiger partial charge >= 0.3 is 0 Å². The van der Waals surface area contributed by atoms with Gasteiger partial charge in [0.2, 0.25) is 0 Å². The summed E-state index contributed by atoms with van der Waals surface area (Å²) in [5, 5.41) is 15.9. The Morgan fingerprint density at radius 1 is 1.53 bits per heavy atom. The van der Waals surface area contributed by atoms with Crippen LogP contribution in [0.25, 0.3) is 11.1 Å². The third kappa shape index (κ3) is 2.58. The van der Waals surface area contributed by atoms with Gasteiger partial charge in [0.1, 0.15) is 0 Å². The molecule has 0 aliphatic rings. The zero-order chi connectivity index (χ0) is 14.0. The first-order valence-electron chi connectivity index (χ1n) is 6.20. The number of aromatic nitrogens is 2. The molecule has 2 N–H and O–H groups in total. The second-order valence-electron chi connectivity index (χ2n) is 4.68. The number of fused-ring (bicyclic) bond motifs is 1. The minimum absolute atomic E-state index is 0.0976. The summed E-state index contributed by atoms with van der Waals surface area (Å²) in [6.45, 7) is 5.87. The molecule has 2 heterocycles. The lowest BCUT2D eigenvalue weighted by molar-refractivity contribution is 0.0946. The summed E-state index contributed by atoms with van der Waals surface area (Å²) in [5.74, 6) is -0.0751. The second-order valence-corrected chi connectivity index (χ2v) is 4.68. The molecule has 0 aromatic carbocycles. The summed E-state index contributed by atoms with van der Waals surface area (Å²) < 4.78 is 5.14. The lowest BCUT2D eigenvalue weighted by Crippen LogP contribution is -2.26. The zero-order valence-corrected chi connectivity index (χ0v) is 11.2. The van der Waals surface area contributed by atoms with Gasteiger partial charge in [-0.2, -0.15) is 0 Å². The molecule has 19 heavy (non-hydrogen) atoms. The average molecular weight is 263 g/mol. The van der Waals surface area contributed by atoms with Gasteiger partial charge in [0.25, 0.3) is 11.6 Å². The lowest BCUT2D eigenvalue weighted by atomic mass is 10.0. The fraction of sp³-hybridized carbons (Fsp3) is 0.462. The van der Waals surface area contributed by atoms with E-state index in [0.29, 0.717) is 22.4 Å². The van der Waals surface area contributed by atoms with Crippen LogP contribution in [0.15, 0.2) is 10.6 Å². The highest BCUT2D eigenvalue weighted by molar-refractivity contribution is 6.06. The predicted octanol–water partition coefficient (Wildman–Crippen LogP) is 1.38. The predicted molar refractivity (Wildman–Crippen MR) is 70.0 cm³/mol. The Hall–Kier alpha value is -1.95. The summed E-state index contributed by atoms with van der Waals surface area (Å²) in [6, 6.07) is 1.75. The number of aliphatic hydroxyl groups is 1. The fourth-order valence-corrected chi connectivity index (χ4v) is 1.85. The molecular formula is C13H17N3O3. The van der Waals surface area contributed by atoms with Crippen LogP contribution in [-0.4, -0.2) is 34.3 Å². The van der Waals surface area contributed by atoms with Gasteiger partial charge in [0, 0.05) is 12.2 Å². The van der Waals surface area contributed by atoms with Crippen molar-refractivity contribution in [3.63, 3.8) is 0 Å². The molecule has 0 unspecified atom stereocenters. The molecule has 2 aromatic heterocycles. The molecule has 102 valence electrons. The van der Waals surface area contributed by atoms with Crippen molar-refractivity contribution in [3.8, 4) is 0 Å². The van der Waals surface area contributed by atoms with E-state index in [2.05, 4.69) is 15.5 Å². The molecule has 0 radical (unpaired) electrons. The summed E-state index contributed by atoms with van der Waals surface area (Å²) >= 11 is 0. The highest BCUT2D eigenvalue weighted by Gasteiger charge is 2.19. The molecule has 6 heteroatoms. The molecule has 1 amide bonds. The zero-order valence-electron chi connectivity index (χ0n) is 11.2. The maximum absolute atomic E-state index is 12.1. The van der Waals surface area contributed by atoms with Crippen molar-refractivity contribution < 1.29 is 14.4 Å². The first kappa shape index (κ1) is 13.5. The number of aliphatic hydroxyl groups excluding tert-OH is 1. The molecule has 0 bridgehead atoms. The van der Waals surface area contributed by atoms with Gasteiger partial charge in [-0.05, 0) is 18.9 Å². The van der Waals surface area contributed by atoms with Crippen molar-refractivity contribution in [3.05, 3.63) is 23.0 Å². The van der Waals surface area contributed by atoms with Crippen molar-refractivity contribution in [2.75, 3.05) is 13.2 Å². The Bertz CT molecular complexity index is 604. The summed E-state index contributed by atoms with van der Waals surface area (Å²) in [6.07, 6.45) is 0. The van der Waals surface area contributed by atoms with Crippen molar-refractivity contribution in [2.24, 2.45) is 0 Å². The molecule has 2 aromatic rings. The Kier molecular flexibility index (Phi) is 3.80. The third-order valence-corrected chi connectivity index (χ3v) is 2.87. The number of hydrogen-bond donors (Lipinski definition) is 2. The van der Waals surface area contributed by atoms with E-state index < -0.39 is 0 Å². The van der Waals surface area contributed by atoms with Gasteiger partial charge in [0.15, 0.2) is 0 Å². The number of amides is 1. The third-order valence-electron chi connectivity index (χ3n) is 2.87. The number of aryl methyl sites for hydroxylation is 1. The first-order valence-corrected chi connectivity index (χ1v) is 6.20. The highest BCUT2D eigenvalue weighted by Crippen LogP contribution is 2.24. The van der Waals surface area contributed by atoms with Crippen LogP contribution >= 0.6 is 0 Å². The van der Waals surface area contributed by atoms with E-state index in [9.17, 15) is 4.79 Å². The van der Waals surface area contributed by atoms with E-state index >= 15 is 0 Å². The molecule has 6 nitrogen and oxygen atoms in total. The van der Waals surface area contributed by atoms with Crippen LogP contribution in [-0.2, 0) is 0 Å². The van der Waals surface area contributed by atoms with Gasteiger partial charge in [-0.25, -0.2) is 4.98 Å². The van der Waals surface area contributed by atoms with Gasteiger partial charge in [-0.3, -0.25) is 4.79 Å². The van der Waals surface area contributed by atoms with E-state index in [-0.39, 0.29) is 25.0 Å². The highest BCUT2D eigenvalue weighted by atomic mass is 16.5. The van der Waals surface area contributed by atoms with Gasteiger partial charge < -0.3 is 14.9 Å². The number of pyridine rings is 1. The van der Waals surface area contributed by atoms with Crippen LogP contribution in [0.2, 0.25) is 0 Å². The standard InChI is InChI=1S/C13H17N3O3/c1-7(2)10-6-9(12(18)14-4-5-17)11-8(3)16-19-13(11)15-10/h6-7,17H,4-5H2,1-3H3,(H,14,18). The molecule has 0 aliphatic heterocycles. The number of carbonyl (C=O) groups excluding carboxylic acids is 1.